The van der Waals surface area contributed by atoms with Crippen LogP contribution in [0.2, 0.25) is 0 Å². The Labute approximate surface area is 104 Å². The van der Waals surface area contributed by atoms with Gasteiger partial charge in [0.2, 0.25) is 0 Å². The van der Waals surface area contributed by atoms with Crippen LogP contribution in [0.3, 0.4) is 0 Å². The van der Waals surface area contributed by atoms with Gasteiger partial charge in [0.25, 0.3) is 0 Å². The lowest BCUT2D eigenvalue weighted by molar-refractivity contribution is 0.140. The molecule has 2 heteroatoms. The lowest BCUT2D eigenvalue weighted by Crippen LogP contribution is -2.06. The number of rotatable bonds is 5. The third kappa shape index (κ3) is 3.22. The van der Waals surface area contributed by atoms with E-state index in [9.17, 15) is 5.11 Å². The summed E-state index contributed by atoms with van der Waals surface area (Å²) in [5.41, 5.74) is 0.946. The van der Waals surface area contributed by atoms with Crippen LogP contribution in [0.4, 0.5) is 0 Å². The Morgan fingerprint density at radius 3 is 2.71 bits per heavy atom. The van der Waals surface area contributed by atoms with Crippen LogP contribution in [0.5, 0.6) is 5.75 Å². The molecule has 1 fully saturated rings. The van der Waals surface area contributed by atoms with E-state index in [0.717, 1.165) is 17.7 Å². The summed E-state index contributed by atoms with van der Waals surface area (Å²) in [6.45, 7) is 2.62. The molecule has 0 radical (unpaired) electrons. The Hall–Kier alpha value is -1.02. The SMILES string of the molecule is CCOc1ccccc1C(O)CC1CCCC1. The topological polar surface area (TPSA) is 29.5 Å². The monoisotopic (exact) mass is 234 g/mol. The fourth-order valence-electron chi connectivity index (χ4n) is 2.73. The Balaban J connectivity index is 2.03. The molecule has 0 bridgehead atoms. The first-order chi connectivity index (χ1) is 8.31. The molecule has 2 rings (SSSR count). The van der Waals surface area contributed by atoms with E-state index in [1.54, 1.807) is 0 Å². The number of aliphatic hydroxyl groups excluding tert-OH is 1. The molecule has 1 atom stereocenters. The average Bonchev–Trinajstić information content (AvgIpc) is 2.83. The zero-order valence-corrected chi connectivity index (χ0v) is 10.6. The van der Waals surface area contributed by atoms with E-state index < -0.39 is 0 Å². The molecular formula is C15H22O2. The molecule has 1 aliphatic rings. The van der Waals surface area contributed by atoms with Gasteiger partial charge in [0, 0.05) is 5.56 Å². The molecule has 0 aromatic heterocycles. The molecule has 1 saturated carbocycles. The van der Waals surface area contributed by atoms with Crippen molar-refractivity contribution in [1.82, 2.24) is 0 Å². The highest BCUT2D eigenvalue weighted by molar-refractivity contribution is 5.35. The molecule has 0 heterocycles. The van der Waals surface area contributed by atoms with Crippen LogP contribution in [0.15, 0.2) is 24.3 Å². The maximum atomic E-state index is 10.3. The molecule has 17 heavy (non-hydrogen) atoms. The molecule has 1 aromatic carbocycles. The minimum absolute atomic E-state index is 0.374. The fraction of sp³-hybridized carbons (Fsp3) is 0.600. The van der Waals surface area contributed by atoms with E-state index in [0.29, 0.717) is 12.5 Å². The van der Waals surface area contributed by atoms with Crippen LogP contribution in [-0.2, 0) is 0 Å². The maximum Gasteiger partial charge on any atom is 0.125 e. The first kappa shape index (κ1) is 12.4. The van der Waals surface area contributed by atoms with Gasteiger partial charge < -0.3 is 9.84 Å². The van der Waals surface area contributed by atoms with E-state index >= 15 is 0 Å². The van der Waals surface area contributed by atoms with Gasteiger partial charge in [0.15, 0.2) is 0 Å². The predicted molar refractivity (Wildman–Crippen MR) is 69.1 cm³/mol. The van der Waals surface area contributed by atoms with E-state index in [1.807, 2.05) is 31.2 Å². The van der Waals surface area contributed by atoms with Crippen LogP contribution in [0.25, 0.3) is 0 Å². The first-order valence-electron chi connectivity index (χ1n) is 6.71. The van der Waals surface area contributed by atoms with Gasteiger partial charge in [-0.3, -0.25) is 0 Å². The summed E-state index contributed by atoms with van der Waals surface area (Å²) < 4.78 is 5.56. The summed E-state index contributed by atoms with van der Waals surface area (Å²) in [5.74, 6) is 1.53. The molecular weight excluding hydrogens is 212 g/mol. The molecule has 1 unspecified atom stereocenters. The van der Waals surface area contributed by atoms with E-state index in [2.05, 4.69) is 0 Å². The van der Waals surface area contributed by atoms with Crippen molar-refractivity contribution in [3.05, 3.63) is 29.8 Å². The van der Waals surface area contributed by atoms with Crippen LogP contribution < -0.4 is 4.74 Å². The standard InChI is InChI=1S/C15H22O2/c1-2-17-15-10-6-5-9-13(15)14(16)11-12-7-3-4-8-12/h5-6,9-10,12,14,16H,2-4,7-8,11H2,1H3. The fourth-order valence-corrected chi connectivity index (χ4v) is 2.73. The maximum absolute atomic E-state index is 10.3. The Bertz CT molecular complexity index is 343. The smallest absolute Gasteiger partial charge is 0.125 e. The Morgan fingerprint density at radius 1 is 1.29 bits per heavy atom. The van der Waals surface area contributed by atoms with Crippen molar-refractivity contribution in [3.63, 3.8) is 0 Å². The second-order valence-electron chi connectivity index (χ2n) is 4.87. The van der Waals surface area contributed by atoms with E-state index in [1.165, 1.54) is 25.7 Å². The number of para-hydroxylation sites is 1. The highest BCUT2D eigenvalue weighted by Crippen LogP contribution is 2.35. The average molecular weight is 234 g/mol. The summed E-state index contributed by atoms with van der Waals surface area (Å²) in [4.78, 5) is 0. The zero-order valence-electron chi connectivity index (χ0n) is 10.6. The van der Waals surface area contributed by atoms with Gasteiger partial charge in [0.05, 0.1) is 12.7 Å². The lowest BCUT2D eigenvalue weighted by atomic mass is 9.95. The highest BCUT2D eigenvalue weighted by atomic mass is 16.5. The molecule has 1 N–H and O–H groups in total. The summed E-state index contributed by atoms with van der Waals surface area (Å²) in [6.07, 6.45) is 5.70. The molecule has 0 spiro atoms. The normalized spacial score (nSPS) is 18.2. The van der Waals surface area contributed by atoms with Crippen molar-refractivity contribution in [3.8, 4) is 5.75 Å². The zero-order chi connectivity index (χ0) is 12.1. The molecule has 94 valence electrons. The molecule has 1 aromatic rings. The Morgan fingerprint density at radius 2 is 2.00 bits per heavy atom. The molecule has 0 saturated heterocycles. The van der Waals surface area contributed by atoms with Crippen LogP contribution in [-0.4, -0.2) is 11.7 Å². The molecule has 2 nitrogen and oxygen atoms in total. The van der Waals surface area contributed by atoms with Crippen molar-refractivity contribution in [1.29, 1.82) is 0 Å². The summed E-state index contributed by atoms with van der Waals surface area (Å²) in [6, 6.07) is 7.84. The molecule has 1 aliphatic carbocycles. The largest absolute Gasteiger partial charge is 0.493 e. The summed E-state index contributed by atoms with van der Waals surface area (Å²) >= 11 is 0. The van der Waals surface area contributed by atoms with Gasteiger partial charge in [-0.25, -0.2) is 0 Å². The highest BCUT2D eigenvalue weighted by Gasteiger charge is 2.21. The minimum atomic E-state index is -0.374. The summed E-state index contributed by atoms with van der Waals surface area (Å²) in [7, 11) is 0. The van der Waals surface area contributed by atoms with Crippen LogP contribution >= 0.6 is 0 Å². The second-order valence-corrected chi connectivity index (χ2v) is 4.87. The number of ether oxygens (including phenoxy) is 1. The van der Waals surface area contributed by atoms with Crippen molar-refractivity contribution in [2.75, 3.05) is 6.61 Å². The third-order valence-electron chi connectivity index (χ3n) is 3.61. The van der Waals surface area contributed by atoms with Gasteiger partial charge in [0.1, 0.15) is 5.75 Å². The van der Waals surface area contributed by atoms with Gasteiger partial charge in [-0.05, 0) is 25.3 Å². The third-order valence-corrected chi connectivity index (χ3v) is 3.61. The van der Waals surface area contributed by atoms with Crippen LogP contribution in [0.1, 0.15) is 50.7 Å². The number of benzene rings is 1. The Kier molecular flexibility index (Phi) is 4.43. The lowest BCUT2D eigenvalue weighted by Gasteiger charge is -2.18. The minimum Gasteiger partial charge on any atom is -0.493 e. The molecule has 0 aliphatic heterocycles. The number of aliphatic hydroxyl groups is 1. The van der Waals surface area contributed by atoms with Crippen molar-refractivity contribution in [2.24, 2.45) is 5.92 Å². The van der Waals surface area contributed by atoms with Gasteiger partial charge in [-0.2, -0.15) is 0 Å². The summed E-state index contributed by atoms with van der Waals surface area (Å²) in [5, 5.41) is 10.3. The van der Waals surface area contributed by atoms with E-state index in [4.69, 9.17) is 4.74 Å². The first-order valence-corrected chi connectivity index (χ1v) is 6.71. The number of hydrogen-bond acceptors (Lipinski definition) is 2. The second kappa shape index (κ2) is 6.06. The quantitative estimate of drug-likeness (QED) is 0.841. The van der Waals surface area contributed by atoms with Crippen molar-refractivity contribution < 1.29 is 9.84 Å². The van der Waals surface area contributed by atoms with E-state index in [-0.39, 0.29) is 6.10 Å². The van der Waals surface area contributed by atoms with Crippen LogP contribution in [0, 0.1) is 5.92 Å². The van der Waals surface area contributed by atoms with Gasteiger partial charge in [-0.15, -0.1) is 0 Å². The van der Waals surface area contributed by atoms with Gasteiger partial charge >= 0.3 is 0 Å². The van der Waals surface area contributed by atoms with Gasteiger partial charge in [-0.1, -0.05) is 43.9 Å². The number of hydrogen-bond donors (Lipinski definition) is 1. The van der Waals surface area contributed by atoms with Crippen molar-refractivity contribution >= 4 is 0 Å². The molecule has 0 amide bonds. The predicted octanol–water partition coefficient (Wildman–Crippen LogP) is 3.70. The van der Waals surface area contributed by atoms with Crippen molar-refractivity contribution in [2.45, 2.75) is 45.1 Å².